The van der Waals surface area contributed by atoms with E-state index in [2.05, 4.69) is 27.4 Å². The van der Waals surface area contributed by atoms with Gasteiger partial charge in [0.2, 0.25) is 0 Å². The Hall–Kier alpha value is -0.300. The van der Waals surface area contributed by atoms with Gasteiger partial charge in [-0.3, -0.25) is 0 Å². The van der Waals surface area contributed by atoms with Crippen molar-refractivity contribution in [2.24, 2.45) is 5.92 Å². The number of rotatable bonds is 1. The molecule has 1 heterocycles. The Morgan fingerprint density at radius 1 is 1.55 bits per heavy atom. The smallest absolute Gasteiger partial charge is 0.0760 e. The molecule has 1 aliphatic rings. The first-order valence-corrected chi connectivity index (χ1v) is 4.49. The lowest BCUT2D eigenvalue weighted by molar-refractivity contribution is -0.0248. The van der Waals surface area contributed by atoms with Crippen LogP contribution in [0.2, 0.25) is 0 Å². The summed E-state index contributed by atoms with van der Waals surface area (Å²) in [5.74, 6) is 0.642. The topological polar surface area (TPSA) is 9.23 Å². The first kappa shape index (κ1) is 8.79. The molecule has 0 aliphatic carbocycles. The Morgan fingerprint density at radius 3 is 2.64 bits per heavy atom. The van der Waals surface area contributed by atoms with Crippen LogP contribution in [0.25, 0.3) is 0 Å². The van der Waals surface area contributed by atoms with Crippen LogP contribution in [0.4, 0.5) is 0 Å². The maximum Gasteiger partial charge on any atom is 0.0760 e. The predicted molar refractivity (Wildman–Crippen MR) is 47.5 cm³/mol. The van der Waals surface area contributed by atoms with Crippen molar-refractivity contribution in [3.05, 3.63) is 12.2 Å². The van der Waals surface area contributed by atoms with Crippen LogP contribution in [0.15, 0.2) is 12.2 Å². The molecule has 1 fully saturated rings. The van der Waals surface area contributed by atoms with Crippen molar-refractivity contribution in [3.8, 4) is 0 Å². The second-order valence-corrected chi connectivity index (χ2v) is 3.52. The largest absolute Gasteiger partial charge is 0.371 e. The molecule has 0 bridgehead atoms. The minimum atomic E-state index is 0.267. The van der Waals surface area contributed by atoms with Crippen LogP contribution >= 0.6 is 0 Å². The first-order valence-electron chi connectivity index (χ1n) is 4.49. The van der Waals surface area contributed by atoms with Crippen molar-refractivity contribution >= 4 is 0 Å². The van der Waals surface area contributed by atoms with E-state index in [0.717, 1.165) is 12.8 Å². The second kappa shape index (κ2) is 3.40. The highest BCUT2D eigenvalue weighted by Gasteiger charge is 2.25. The zero-order valence-corrected chi connectivity index (χ0v) is 7.76. The highest BCUT2D eigenvalue weighted by Crippen LogP contribution is 2.29. The molecule has 0 aromatic heterocycles. The molecular weight excluding hydrogens is 136 g/mol. The van der Waals surface area contributed by atoms with E-state index in [1.54, 1.807) is 0 Å². The van der Waals surface area contributed by atoms with Crippen molar-refractivity contribution in [2.45, 2.75) is 45.8 Å². The highest BCUT2D eigenvalue weighted by atomic mass is 16.5. The minimum absolute atomic E-state index is 0.267. The SMILES string of the molecule is C=C1[C@H](C)C[C@H](CC)O[C@@H]1C. The van der Waals surface area contributed by atoms with E-state index in [0.29, 0.717) is 12.0 Å². The Kier molecular flexibility index (Phi) is 2.72. The van der Waals surface area contributed by atoms with Gasteiger partial charge in [0, 0.05) is 0 Å². The van der Waals surface area contributed by atoms with Crippen molar-refractivity contribution in [2.75, 3.05) is 0 Å². The lowest BCUT2D eigenvalue weighted by atomic mass is 9.89. The normalized spacial score (nSPS) is 39.2. The summed E-state index contributed by atoms with van der Waals surface area (Å²) in [4.78, 5) is 0. The summed E-state index contributed by atoms with van der Waals surface area (Å²) in [5, 5.41) is 0. The van der Waals surface area contributed by atoms with Crippen LogP contribution in [-0.4, -0.2) is 12.2 Å². The molecule has 0 radical (unpaired) electrons. The standard InChI is InChI=1S/C10H18O/c1-5-10-6-7(2)8(3)9(4)11-10/h7,9-10H,3,5-6H2,1-2,4H3/t7-,9-,10+/m1/s1. The molecule has 1 nitrogen and oxygen atoms in total. The average Bonchev–Trinajstić information content (AvgIpc) is 1.99. The molecule has 0 unspecified atom stereocenters. The van der Waals surface area contributed by atoms with E-state index in [9.17, 15) is 0 Å². The summed E-state index contributed by atoms with van der Waals surface area (Å²) >= 11 is 0. The molecule has 1 heteroatoms. The first-order chi connectivity index (χ1) is 5.15. The van der Waals surface area contributed by atoms with Crippen molar-refractivity contribution in [1.82, 2.24) is 0 Å². The average molecular weight is 154 g/mol. The maximum atomic E-state index is 5.72. The van der Waals surface area contributed by atoms with E-state index in [1.807, 2.05) is 0 Å². The van der Waals surface area contributed by atoms with E-state index in [1.165, 1.54) is 5.57 Å². The highest BCUT2D eigenvalue weighted by molar-refractivity contribution is 5.08. The lowest BCUT2D eigenvalue weighted by Crippen LogP contribution is -2.31. The molecule has 11 heavy (non-hydrogen) atoms. The molecule has 1 aliphatic heterocycles. The van der Waals surface area contributed by atoms with Crippen LogP contribution in [-0.2, 0) is 4.74 Å². The van der Waals surface area contributed by atoms with Gasteiger partial charge in [0.25, 0.3) is 0 Å². The molecule has 0 spiro atoms. The van der Waals surface area contributed by atoms with Crippen LogP contribution in [0.5, 0.6) is 0 Å². The van der Waals surface area contributed by atoms with Gasteiger partial charge in [0.15, 0.2) is 0 Å². The summed E-state index contributed by atoms with van der Waals surface area (Å²) in [6.45, 7) is 10.5. The van der Waals surface area contributed by atoms with Gasteiger partial charge >= 0.3 is 0 Å². The molecule has 0 aromatic rings. The number of hydrogen-bond donors (Lipinski definition) is 0. The molecule has 3 atom stereocenters. The lowest BCUT2D eigenvalue weighted by Gasteiger charge is -2.33. The minimum Gasteiger partial charge on any atom is -0.371 e. The summed E-state index contributed by atoms with van der Waals surface area (Å²) in [7, 11) is 0. The molecule has 64 valence electrons. The van der Waals surface area contributed by atoms with Gasteiger partial charge in [-0.05, 0) is 31.3 Å². The summed E-state index contributed by atoms with van der Waals surface area (Å²) in [6.07, 6.45) is 3.01. The third-order valence-electron chi connectivity index (χ3n) is 2.62. The van der Waals surface area contributed by atoms with Gasteiger partial charge in [-0.2, -0.15) is 0 Å². The van der Waals surface area contributed by atoms with Crippen molar-refractivity contribution in [1.29, 1.82) is 0 Å². The maximum absolute atomic E-state index is 5.72. The van der Waals surface area contributed by atoms with Crippen LogP contribution in [0.1, 0.15) is 33.6 Å². The summed E-state index contributed by atoms with van der Waals surface area (Å²) < 4.78 is 5.72. The van der Waals surface area contributed by atoms with Crippen LogP contribution < -0.4 is 0 Å². The van der Waals surface area contributed by atoms with Gasteiger partial charge in [-0.25, -0.2) is 0 Å². The molecule has 0 amide bonds. The Bertz CT molecular complexity index is 137. The fourth-order valence-corrected chi connectivity index (χ4v) is 1.64. The van der Waals surface area contributed by atoms with E-state index in [4.69, 9.17) is 4.74 Å². The second-order valence-electron chi connectivity index (χ2n) is 3.52. The summed E-state index contributed by atoms with van der Waals surface area (Å²) in [6, 6.07) is 0. The number of ether oxygens (including phenoxy) is 1. The number of hydrogen-bond acceptors (Lipinski definition) is 1. The summed E-state index contributed by atoms with van der Waals surface area (Å²) in [5.41, 5.74) is 1.26. The Balaban J connectivity index is 2.54. The molecule has 0 saturated carbocycles. The van der Waals surface area contributed by atoms with Crippen molar-refractivity contribution in [3.63, 3.8) is 0 Å². The fourth-order valence-electron chi connectivity index (χ4n) is 1.64. The molecule has 1 saturated heterocycles. The van der Waals surface area contributed by atoms with Crippen LogP contribution in [0, 0.1) is 5.92 Å². The van der Waals surface area contributed by atoms with E-state index >= 15 is 0 Å². The van der Waals surface area contributed by atoms with Gasteiger partial charge in [-0.1, -0.05) is 20.4 Å². The molecule has 0 N–H and O–H groups in total. The fraction of sp³-hybridized carbons (Fsp3) is 0.800. The quantitative estimate of drug-likeness (QED) is 0.528. The molecule has 1 rings (SSSR count). The zero-order chi connectivity index (χ0) is 8.43. The third-order valence-corrected chi connectivity index (χ3v) is 2.62. The predicted octanol–water partition coefficient (Wildman–Crippen LogP) is 2.77. The van der Waals surface area contributed by atoms with Gasteiger partial charge in [0.05, 0.1) is 12.2 Å². The molecule has 0 aromatic carbocycles. The van der Waals surface area contributed by atoms with E-state index < -0.39 is 0 Å². The van der Waals surface area contributed by atoms with Crippen LogP contribution in [0.3, 0.4) is 0 Å². The third kappa shape index (κ3) is 1.84. The Morgan fingerprint density at radius 2 is 2.18 bits per heavy atom. The van der Waals surface area contributed by atoms with Crippen molar-refractivity contribution < 1.29 is 4.74 Å². The van der Waals surface area contributed by atoms with E-state index in [-0.39, 0.29) is 6.10 Å². The Labute approximate surface area is 69.4 Å². The monoisotopic (exact) mass is 154 g/mol. The molecular formula is C10H18O. The van der Waals surface area contributed by atoms with Gasteiger partial charge in [-0.15, -0.1) is 0 Å². The van der Waals surface area contributed by atoms with Gasteiger partial charge in [0.1, 0.15) is 0 Å². The zero-order valence-electron chi connectivity index (χ0n) is 7.76. The van der Waals surface area contributed by atoms with Gasteiger partial charge < -0.3 is 4.74 Å².